The lowest BCUT2D eigenvalue weighted by Gasteiger charge is -2.34. The summed E-state index contributed by atoms with van der Waals surface area (Å²) < 4.78 is 5.42. The maximum absolute atomic E-state index is 12.4. The van der Waals surface area contributed by atoms with Gasteiger partial charge in [-0.15, -0.1) is 0 Å². The van der Waals surface area contributed by atoms with Crippen LogP contribution in [-0.2, 0) is 4.79 Å². The fraction of sp³-hybridized carbons (Fsp3) is 0.350. The number of benzene rings is 1. The predicted octanol–water partition coefficient (Wildman–Crippen LogP) is 2.55. The van der Waals surface area contributed by atoms with Crippen LogP contribution in [0.2, 0.25) is 0 Å². The number of aromatic nitrogens is 2. The van der Waals surface area contributed by atoms with Crippen LogP contribution < -0.4 is 9.64 Å². The number of rotatable bonds is 5. The Kier molecular flexibility index (Phi) is 5.84. The van der Waals surface area contributed by atoms with Crippen LogP contribution in [0, 0.1) is 6.92 Å². The van der Waals surface area contributed by atoms with Gasteiger partial charge in [0.25, 0.3) is 0 Å². The van der Waals surface area contributed by atoms with Gasteiger partial charge >= 0.3 is 0 Å². The predicted molar refractivity (Wildman–Crippen MR) is 102 cm³/mol. The van der Waals surface area contributed by atoms with Crippen molar-refractivity contribution in [3.63, 3.8) is 0 Å². The van der Waals surface area contributed by atoms with Crippen LogP contribution in [0.15, 0.2) is 42.7 Å². The standard InChI is InChI=1S/C20H24N4O2/c1-3-26-18-7-4-17(5-8-18)6-9-20(25)24-12-10-23(11-13-24)19-14-16(2)21-15-22-19/h4-9,14-15H,3,10-13H2,1-2H3/b9-6+. The molecular weight excluding hydrogens is 328 g/mol. The lowest BCUT2D eigenvalue weighted by atomic mass is 10.2. The third-order valence-electron chi connectivity index (χ3n) is 4.31. The van der Waals surface area contributed by atoms with Gasteiger partial charge in [-0.25, -0.2) is 9.97 Å². The van der Waals surface area contributed by atoms with Gasteiger partial charge in [0.05, 0.1) is 6.61 Å². The fourth-order valence-electron chi connectivity index (χ4n) is 2.88. The Bertz CT molecular complexity index is 766. The second kappa shape index (κ2) is 8.47. The molecule has 1 aliphatic heterocycles. The van der Waals surface area contributed by atoms with E-state index in [4.69, 9.17) is 4.74 Å². The quantitative estimate of drug-likeness (QED) is 0.774. The molecule has 2 aromatic rings. The fourth-order valence-corrected chi connectivity index (χ4v) is 2.88. The SMILES string of the molecule is CCOc1ccc(/C=C/C(=O)N2CCN(c3cc(C)ncn3)CC2)cc1. The van der Waals surface area contributed by atoms with E-state index in [1.165, 1.54) is 0 Å². The number of nitrogens with zero attached hydrogens (tertiary/aromatic N) is 4. The van der Waals surface area contributed by atoms with Gasteiger partial charge in [-0.1, -0.05) is 12.1 Å². The number of ether oxygens (including phenoxy) is 1. The number of carbonyl (C=O) groups is 1. The number of hydrogen-bond acceptors (Lipinski definition) is 5. The molecule has 0 aliphatic carbocycles. The summed E-state index contributed by atoms with van der Waals surface area (Å²) >= 11 is 0. The van der Waals surface area contributed by atoms with Crippen molar-refractivity contribution in [1.29, 1.82) is 0 Å². The Hall–Kier alpha value is -2.89. The first-order valence-corrected chi connectivity index (χ1v) is 8.89. The molecule has 0 N–H and O–H groups in total. The Morgan fingerprint density at radius 1 is 1.15 bits per heavy atom. The molecule has 0 spiro atoms. The highest BCUT2D eigenvalue weighted by Crippen LogP contribution is 2.15. The van der Waals surface area contributed by atoms with E-state index in [1.54, 1.807) is 12.4 Å². The average molecular weight is 352 g/mol. The number of carbonyl (C=O) groups excluding carboxylic acids is 1. The highest BCUT2D eigenvalue weighted by molar-refractivity contribution is 5.92. The molecule has 2 heterocycles. The minimum atomic E-state index is 0.0393. The van der Waals surface area contributed by atoms with Gasteiger partial charge < -0.3 is 14.5 Å². The monoisotopic (exact) mass is 352 g/mol. The van der Waals surface area contributed by atoms with Crippen molar-refractivity contribution in [1.82, 2.24) is 14.9 Å². The van der Waals surface area contributed by atoms with Crippen LogP contribution in [-0.4, -0.2) is 53.6 Å². The molecule has 0 radical (unpaired) electrons. The molecule has 1 aromatic heterocycles. The van der Waals surface area contributed by atoms with Crippen molar-refractivity contribution >= 4 is 17.8 Å². The van der Waals surface area contributed by atoms with Gasteiger partial charge in [-0.05, 0) is 37.6 Å². The highest BCUT2D eigenvalue weighted by atomic mass is 16.5. The van der Waals surface area contributed by atoms with E-state index in [0.29, 0.717) is 19.7 Å². The van der Waals surface area contributed by atoms with Crippen LogP contribution in [0.3, 0.4) is 0 Å². The molecule has 3 rings (SSSR count). The van der Waals surface area contributed by atoms with E-state index in [1.807, 2.05) is 55.2 Å². The first-order valence-electron chi connectivity index (χ1n) is 8.89. The second-order valence-corrected chi connectivity index (χ2v) is 6.17. The first kappa shape index (κ1) is 17.9. The summed E-state index contributed by atoms with van der Waals surface area (Å²) in [4.78, 5) is 24.9. The van der Waals surface area contributed by atoms with Gasteiger partial charge in [0.2, 0.25) is 5.91 Å². The Morgan fingerprint density at radius 3 is 2.54 bits per heavy atom. The zero-order valence-corrected chi connectivity index (χ0v) is 15.3. The number of anilines is 1. The highest BCUT2D eigenvalue weighted by Gasteiger charge is 2.20. The Balaban J connectivity index is 1.53. The topological polar surface area (TPSA) is 58.6 Å². The van der Waals surface area contributed by atoms with Crippen LogP contribution in [0.25, 0.3) is 6.08 Å². The number of aryl methyl sites for hydroxylation is 1. The summed E-state index contributed by atoms with van der Waals surface area (Å²) in [5.41, 5.74) is 1.93. The van der Waals surface area contributed by atoms with E-state index >= 15 is 0 Å². The molecule has 0 saturated carbocycles. The molecule has 0 bridgehead atoms. The minimum absolute atomic E-state index is 0.0393. The molecule has 1 saturated heterocycles. The van der Waals surface area contributed by atoms with Crippen molar-refractivity contribution < 1.29 is 9.53 Å². The van der Waals surface area contributed by atoms with Crippen LogP contribution in [0.5, 0.6) is 5.75 Å². The molecule has 1 fully saturated rings. The average Bonchev–Trinajstić information content (AvgIpc) is 2.67. The molecule has 136 valence electrons. The maximum atomic E-state index is 12.4. The third-order valence-corrected chi connectivity index (χ3v) is 4.31. The van der Waals surface area contributed by atoms with Crippen molar-refractivity contribution in [2.24, 2.45) is 0 Å². The molecule has 1 aromatic carbocycles. The first-order chi connectivity index (χ1) is 12.7. The number of amides is 1. The molecule has 6 nitrogen and oxygen atoms in total. The lowest BCUT2D eigenvalue weighted by molar-refractivity contribution is -0.126. The molecule has 6 heteroatoms. The van der Waals surface area contributed by atoms with E-state index < -0.39 is 0 Å². The third kappa shape index (κ3) is 4.59. The van der Waals surface area contributed by atoms with Gasteiger partial charge in [-0.3, -0.25) is 4.79 Å². The molecule has 0 atom stereocenters. The molecule has 0 unspecified atom stereocenters. The van der Waals surface area contributed by atoms with E-state index in [2.05, 4.69) is 14.9 Å². The second-order valence-electron chi connectivity index (χ2n) is 6.17. The van der Waals surface area contributed by atoms with Crippen LogP contribution >= 0.6 is 0 Å². The summed E-state index contributed by atoms with van der Waals surface area (Å²) in [5, 5.41) is 0. The summed E-state index contributed by atoms with van der Waals surface area (Å²) in [6, 6.07) is 9.70. The lowest BCUT2D eigenvalue weighted by Crippen LogP contribution is -2.48. The summed E-state index contributed by atoms with van der Waals surface area (Å²) in [5.74, 6) is 1.80. The summed E-state index contributed by atoms with van der Waals surface area (Å²) in [7, 11) is 0. The van der Waals surface area contributed by atoms with Crippen LogP contribution in [0.1, 0.15) is 18.2 Å². The zero-order chi connectivity index (χ0) is 18.4. The van der Waals surface area contributed by atoms with Crippen molar-refractivity contribution in [3.8, 4) is 5.75 Å². The summed E-state index contributed by atoms with van der Waals surface area (Å²) in [6.45, 7) is 7.49. The van der Waals surface area contributed by atoms with Crippen LogP contribution in [0.4, 0.5) is 5.82 Å². The Labute approximate surface area is 154 Å². The van der Waals surface area contributed by atoms with Crippen molar-refractivity contribution in [3.05, 3.63) is 54.0 Å². The van der Waals surface area contributed by atoms with Crippen molar-refractivity contribution in [2.45, 2.75) is 13.8 Å². The number of piperazine rings is 1. The summed E-state index contributed by atoms with van der Waals surface area (Å²) in [6.07, 6.45) is 5.07. The van der Waals surface area contributed by atoms with Gasteiger partial charge in [-0.2, -0.15) is 0 Å². The largest absolute Gasteiger partial charge is 0.494 e. The number of hydrogen-bond donors (Lipinski definition) is 0. The minimum Gasteiger partial charge on any atom is -0.494 e. The smallest absolute Gasteiger partial charge is 0.246 e. The van der Waals surface area contributed by atoms with E-state index in [-0.39, 0.29) is 5.91 Å². The van der Waals surface area contributed by atoms with Gasteiger partial charge in [0, 0.05) is 44.0 Å². The normalized spacial score (nSPS) is 14.7. The van der Waals surface area contributed by atoms with Crippen molar-refractivity contribution in [2.75, 3.05) is 37.7 Å². The molecule has 26 heavy (non-hydrogen) atoms. The maximum Gasteiger partial charge on any atom is 0.246 e. The van der Waals surface area contributed by atoms with E-state index in [9.17, 15) is 4.79 Å². The van der Waals surface area contributed by atoms with Gasteiger partial charge in [0.1, 0.15) is 17.9 Å². The van der Waals surface area contributed by atoms with E-state index in [0.717, 1.165) is 35.9 Å². The van der Waals surface area contributed by atoms with Gasteiger partial charge in [0.15, 0.2) is 0 Å². The molecular formula is C20H24N4O2. The molecule has 1 amide bonds. The zero-order valence-electron chi connectivity index (χ0n) is 15.3. The molecule has 1 aliphatic rings. The Morgan fingerprint density at radius 2 is 1.88 bits per heavy atom.